The number of nitrogens with one attached hydrogen (secondary N) is 1. The molecule has 220 valence electrons. The molecule has 5 aromatic rings. The lowest BCUT2D eigenvalue weighted by Gasteiger charge is -2.30. The van der Waals surface area contributed by atoms with Gasteiger partial charge in [0.2, 0.25) is 5.89 Å². The number of ether oxygens (including phenoxy) is 1. The minimum absolute atomic E-state index is 0.0143. The summed E-state index contributed by atoms with van der Waals surface area (Å²) in [5.41, 5.74) is 0.797. The van der Waals surface area contributed by atoms with Crippen LogP contribution >= 0.6 is 0 Å². The van der Waals surface area contributed by atoms with Crippen LogP contribution in [0.2, 0.25) is 0 Å². The highest BCUT2D eigenvalue weighted by Crippen LogP contribution is 2.39. The highest BCUT2D eigenvalue weighted by Gasteiger charge is 2.36. The van der Waals surface area contributed by atoms with Crippen LogP contribution in [0.25, 0.3) is 45.1 Å². The number of halogens is 4. The molecule has 1 fully saturated rings. The van der Waals surface area contributed by atoms with E-state index in [-0.39, 0.29) is 23.5 Å². The van der Waals surface area contributed by atoms with E-state index in [1.807, 2.05) is 0 Å². The van der Waals surface area contributed by atoms with Gasteiger partial charge in [-0.05, 0) is 65.9 Å². The summed E-state index contributed by atoms with van der Waals surface area (Å²) in [6, 6.07) is 16.2. The van der Waals surface area contributed by atoms with E-state index in [0.29, 0.717) is 66.2 Å². The summed E-state index contributed by atoms with van der Waals surface area (Å²) >= 11 is 0. The number of hydrogen-bond acceptors (Lipinski definition) is 7. The number of nitriles is 1. The van der Waals surface area contributed by atoms with Crippen molar-refractivity contribution in [3.63, 3.8) is 0 Å². The molecule has 1 N–H and O–H groups in total. The van der Waals surface area contributed by atoms with Crippen LogP contribution in [0.3, 0.4) is 0 Å². The maximum absolute atomic E-state index is 14.2. The Balaban J connectivity index is 1.34. The van der Waals surface area contributed by atoms with Gasteiger partial charge in [-0.1, -0.05) is 18.2 Å². The second-order valence-corrected chi connectivity index (χ2v) is 10.7. The first-order valence-corrected chi connectivity index (χ1v) is 13.6. The molecular formula is C31H26F4N6O2. The molecule has 0 spiro atoms. The van der Waals surface area contributed by atoms with Gasteiger partial charge in [-0.15, -0.1) is 10.2 Å². The molecule has 0 bridgehead atoms. The average molecular weight is 591 g/mol. The average Bonchev–Trinajstić information content (AvgIpc) is 3.63. The van der Waals surface area contributed by atoms with Gasteiger partial charge in [0.15, 0.2) is 11.4 Å². The van der Waals surface area contributed by atoms with E-state index in [1.165, 1.54) is 18.5 Å². The molecule has 0 atom stereocenters. The predicted octanol–water partition coefficient (Wildman–Crippen LogP) is 6.53. The number of rotatable bonds is 7. The Hall–Kier alpha value is -4.60. The Labute approximate surface area is 243 Å². The van der Waals surface area contributed by atoms with E-state index >= 15 is 0 Å². The number of oxazole rings is 1. The van der Waals surface area contributed by atoms with Crippen molar-refractivity contribution in [3.8, 4) is 40.0 Å². The summed E-state index contributed by atoms with van der Waals surface area (Å²) in [4.78, 5) is 4.43. The fourth-order valence-corrected chi connectivity index (χ4v) is 5.36. The molecule has 0 saturated carbocycles. The predicted molar refractivity (Wildman–Crippen MR) is 150 cm³/mol. The first-order chi connectivity index (χ1) is 20.7. The van der Waals surface area contributed by atoms with Crippen molar-refractivity contribution in [3.05, 3.63) is 77.9 Å². The monoisotopic (exact) mass is 590 g/mol. The topological polar surface area (TPSA) is 102 Å². The molecule has 43 heavy (non-hydrogen) atoms. The third-order valence-electron chi connectivity index (χ3n) is 7.69. The van der Waals surface area contributed by atoms with E-state index < -0.39 is 23.0 Å². The summed E-state index contributed by atoms with van der Waals surface area (Å²) in [6.45, 7) is 1.41. The number of aryl methyl sites for hydroxylation is 1. The van der Waals surface area contributed by atoms with E-state index in [1.54, 1.807) is 48.0 Å². The second-order valence-electron chi connectivity index (χ2n) is 10.7. The number of benzene rings is 3. The lowest BCUT2D eigenvalue weighted by Crippen LogP contribution is -2.37. The largest absolute Gasteiger partial charge is 0.435 e. The third kappa shape index (κ3) is 5.74. The zero-order chi connectivity index (χ0) is 30.2. The molecule has 1 aliphatic heterocycles. The first-order valence-electron chi connectivity index (χ1n) is 13.6. The highest BCUT2D eigenvalue weighted by atomic mass is 19.4. The van der Waals surface area contributed by atoms with Gasteiger partial charge < -0.3 is 19.0 Å². The van der Waals surface area contributed by atoms with Gasteiger partial charge in [-0.2, -0.15) is 18.4 Å². The molecule has 1 aliphatic rings. The van der Waals surface area contributed by atoms with Crippen LogP contribution in [0, 0.1) is 22.6 Å². The smallest absolute Gasteiger partial charge is 0.420 e. The summed E-state index contributed by atoms with van der Waals surface area (Å²) in [5.74, 6) is 0.0213. The molecule has 12 heteroatoms. The van der Waals surface area contributed by atoms with Crippen molar-refractivity contribution in [2.45, 2.75) is 25.6 Å². The molecule has 0 amide bonds. The Morgan fingerprint density at radius 1 is 1.05 bits per heavy atom. The van der Waals surface area contributed by atoms with Gasteiger partial charge in [0.1, 0.15) is 23.2 Å². The van der Waals surface area contributed by atoms with Gasteiger partial charge in [-0.3, -0.25) is 0 Å². The molecule has 3 heterocycles. The van der Waals surface area contributed by atoms with Gasteiger partial charge in [-0.25, -0.2) is 9.37 Å². The molecule has 0 radical (unpaired) electrons. The molecule has 2 aromatic heterocycles. The van der Waals surface area contributed by atoms with Crippen LogP contribution in [0.4, 0.5) is 17.6 Å². The van der Waals surface area contributed by atoms with Gasteiger partial charge in [0.05, 0.1) is 11.5 Å². The zero-order valence-electron chi connectivity index (χ0n) is 23.1. The van der Waals surface area contributed by atoms with Crippen LogP contribution in [0.1, 0.15) is 24.0 Å². The fraction of sp³-hybridized carbons (Fsp3) is 0.290. The Bertz CT molecular complexity index is 1830. The van der Waals surface area contributed by atoms with Crippen molar-refractivity contribution in [1.82, 2.24) is 25.1 Å². The first kappa shape index (κ1) is 28.5. The van der Waals surface area contributed by atoms with E-state index in [2.05, 4.69) is 26.6 Å². The molecule has 8 nitrogen and oxygen atoms in total. The van der Waals surface area contributed by atoms with Crippen LogP contribution in [0.5, 0.6) is 0 Å². The van der Waals surface area contributed by atoms with Crippen LogP contribution < -0.4 is 5.32 Å². The second kappa shape index (κ2) is 11.2. The summed E-state index contributed by atoms with van der Waals surface area (Å²) in [7, 11) is 1.74. The van der Waals surface area contributed by atoms with Crippen molar-refractivity contribution in [1.29, 1.82) is 5.26 Å². The molecule has 0 aliphatic carbocycles. The van der Waals surface area contributed by atoms with E-state index in [4.69, 9.17) is 9.15 Å². The SMILES string of the molecule is Cn1cnnc1-c1cc(F)ccc1-c1cccc(-c2nc3cc(CNCC4(C#N)CCOCC4)cc(C(F)(F)F)c3o2)c1. The number of hydrogen-bond donors (Lipinski definition) is 1. The number of nitrogens with zero attached hydrogens (tertiary/aromatic N) is 5. The zero-order valence-corrected chi connectivity index (χ0v) is 23.1. The van der Waals surface area contributed by atoms with E-state index in [9.17, 15) is 22.8 Å². The quantitative estimate of drug-likeness (QED) is 0.215. The summed E-state index contributed by atoms with van der Waals surface area (Å²) < 4.78 is 69.5. The summed E-state index contributed by atoms with van der Waals surface area (Å²) in [5, 5.41) is 20.8. The lowest BCUT2D eigenvalue weighted by molar-refractivity contribution is -0.136. The van der Waals surface area contributed by atoms with Crippen molar-refractivity contribution in [2.24, 2.45) is 12.5 Å². The van der Waals surface area contributed by atoms with Crippen molar-refractivity contribution < 1.29 is 26.7 Å². The van der Waals surface area contributed by atoms with Crippen molar-refractivity contribution in [2.75, 3.05) is 19.8 Å². The molecule has 3 aromatic carbocycles. The molecule has 0 unspecified atom stereocenters. The minimum Gasteiger partial charge on any atom is -0.435 e. The Morgan fingerprint density at radius 3 is 2.56 bits per heavy atom. The maximum atomic E-state index is 14.2. The van der Waals surface area contributed by atoms with Gasteiger partial charge >= 0.3 is 6.18 Å². The van der Waals surface area contributed by atoms with Crippen molar-refractivity contribution >= 4 is 11.1 Å². The molecule has 6 rings (SSSR count). The number of alkyl halides is 3. The standard InChI is InChI=1S/C31H26F4N6O2/c1-41-18-38-40-28(41)24-14-22(32)5-6-23(24)20-3-2-4-21(13-20)29-39-26-12-19(11-25(27(26)43-29)31(33,34)35)15-37-17-30(16-36)7-9-42-10-8-30/h2-6,11-14,18,37H,7-10,15,17H2,1H3. The van der Waals surface area contributed by atoms with Gasteiger partial charge in [0.25, 0.3) is 0 Å². The normalized spacial score (nSPS) is 15.1. The van der Waals surface area contributed by atoms with Crippen LogP contribution in [-0.2, 0) is 24.5 Å². The van der Waals surface area contributed by atoms with Crippen LogP contribution in [-0.4, -0.2) is 39.5 Å². The highest BCUT2D eigenvalue weighted by molar-refractivity contribution is 5.84. The number of fused-ring (bicyclic) bond motifs is 1. The number of aromatic nitrogens is 4. The van der Waals surface area contributed by atoms with Crippen LogP contribution in [0.15, 0.2) is 65.3 Å². The molecular weight excluding hydrogens is 564 g/mol. The van der Waals surface area contributed by atoms with Gasteiger partial charge in [0, 0.05) is 44.5 Å². The molecule has 1 saturated heterocycles. The maximum Gasteiger partial charge on any atom is 0.420 e. The minimum atomic E-state index is -4.68. The fourth-order valence-electron chi connectivity index (χ4n) is 5.36. The Kier molecular flexibility index (Phi) is 7.45. The van der Waals surface area contributed by atoms with E-state index in [0.717, 1.165) is 6.07 Å². The Morgan fingerprint density at radius 2 is 1.84 bits per heavy atom. The third-order valence-corrected chi connectivity index (χ3v) is 7.69. The lowest BCUT2D eigenvalue weighted by atomic mass is 9.82. The summed E-state index contributed by atoms with van der Waals surface area (Å²) in [6.07, 6.45) is -2.05.